The van der Waals surface area contributed by atoms with E-state index in [0.29, 0.717) is 32.1 Å². The SMILES string of the molecule is C[C@@H](N)C(=O)N1CCN(C(=O)C23CC4CC(CC(C4)C2)C3)CC1.Cl. The van der Waals surface area contributed by atoms with Crippen molar-refractivity contribution < 1.29 is 9.59 Å². The van der Waals surface area contributed by atoms with Crippen LogP contribution in [0.5, 0.6) is 0 Å². The zero-order valence-electron chi connectivity index (χ0n) is 14.6. The number of piperazine rings is 1. The third-order valence-electron chi connectivity index (χ3n) is 6.76. The Morgan fingerprint density at radius 3 is 1.75 bits per heavy atom. The van der Waals surface area contributed by atoms with Gasteiger partial charge in [0.2, 0.25) is 11.8 Å². The van der Waals surface area contributed by atoms with Gasteiger partial charge in [-0.05, 0) is 63.2 Å². The van der Waals surface area contributed by atoms with Gasteiger partial charge in [-0.25, -0.2) is 0 Å². The lowest BCUT2D eigenvalue weighted by molar-refractivity contribution is -0.160. The Morgan fingerprint density at radius 1 is 0.917 bits per heavy atom. The van der Waals surface area contributed by atoms with Crippen LogP contribution >= 0.6 is 12.4 Å². The van der Waals surface area contributed by atoms with Gasteiger partial charge in [0, 0.05) is 26.2 Å². The molecule has 5 fully saturated rings. The number of rotatable bonds is 2. The van der Waals surface area contributed by atoms with Crippen molar-refractivity contribution in [3.63, 3.8) is 0 Å². The van der Waals surface area contributed by atoms with E-state index in [1.165, 1.54) is 19.3 Å². The molecular formula is C18H30ClN3O2. The molecule has 5 nitrogen and oxygen atoms in total. The van der Waals surface area contributed by atoms with E-state index in [1.807, 2.05) is 9.80 Å². The summed E-state index contributed by atoms with van der Waals surface area (Å²) in [5.74, 6) is 2.79. The molecule has 0 unspecified atom stereocenters. The monoisotopic (exact) mass is 355 g/mol. The van der Waals surface area contributed by atoms with Gasteiger partial charge < -0.3 is 15.5 Å². The largest absolute Gasteiger partial charge is 0.339 e. The number of amides is 2. The first-order chi connectivity index (χ1) is 11.0. The van der Waals surface area contributed by atoms with Crippen LogP contribution in [0.15, 0.2) is 0 Å². The number of carbonyl (C=O) groups is 2. The minimum Gasteiger partial charge on any atom is -0.339 e. The summed E-state index contributed by atoms with van der Waals surface area (Å²) in [6.45, 7) is 4.37. The molecule has 1 saturated heterocycles. The summed E-state index contributed by atoms with van der Waals surface area (Å²) < 4.78 is 0. The molecular weight excluding hydrogens is 326 g/mol. The second-order valence-electron chi connectivity index (χ2n) is 8.60. The highest BCUT2D eigenvalue weighted by Crippen LogP contribution is 2.60. The van der Waals surface area contributed by atoms with Crippen molar-refractivity contribution in [2.45, 2.75) is 51.5 Å². The van der Waals surface area contributed by atoms with E-state index in [0.717, 1.165) is 37.0 Å². The first kappa shape index (κ1) is 18.0. The van der Waals surface area contributed by atoms with Crippen molar-refractivity contribution in [1.29, 1.82) is 0 Å². The highest BCUT2D eigenvalue weighted by atomic mass is 35.5. The fourth-order valence-electron chi connectivity index (χ4n) is 6.13. The van der Waals surface area contributed by atoms with Crippen LogP contribution in [0.3, 0.4) is 0 Å². The number of hydrogen-bond acceptors (Lipinski definition) is 3. The van der Waals surface area contributed by atoms with E-state index in [1.54, 1.807) is 6.92 Å². The average molecular weight is 356 g/mol. The number of carbonyl (C=O) groups excluding carboxylic acids is 2. The van der Waals surface area contributed by atoms with Crippen molar-refractivity contribution in [3.05, 3.63) is 0 Å². The van der Waals surface area contributed by atoms with E-state index in [-0.39, 0.29) is 23.7 Å². The van der Waals surface area contributed by atoms with E-state index >= 15 is 0 Å². The molecule has 4 aliphatic carbocycles. The summed E-state index contributed by atoms with van der Waals surface area (Å²) in [4.78, 5) is 29.1. The van der Waals surface area contributed by atoms with Gasteiger partial charge in [0.1, 0.15) is 0 Å². The average Bonchev–Trinajstić information content (AvgIpc) is 2.52. The van der Waals surface area contributed by atoms with Crippen LogP contribution in [0.1, 0.15) is 45.4 Å². The second-order valence-corrected chi connectivity index (χ2v) is 8.60. The maximum Gasteiger partial charge on any atom is 0.239 e. The number of nitrogens with zero attached hydrogens (tertiary/aromatic N) is 2. The molecule has 2 N–H and O–H groups in total. The van der Waals surface area contributed by atoms with Crippen molar-refractivity contribution in [2.75, 3.05) is 26.2 Å². The maximum absolute atomic E-state index is 13.3. The zero-order valence-corrected chi connectivity index (χ0v) is 15.4. The third-order valence-corrected chi connectivity index (χ3v) is 6.76. The fraction of sp³-hybridized carbons (Fsp3) is 0.889. The fourth-order valence-corrected chi connectivity index (χ4v) is 6.13. The molecule has 0 aromatic rings. The molecule has 0 aromatic heterocycles. The van der Waals surface area contributed by atoms with E-state index < -0.39 is 6.04 Å². The molecule has 1 atom stereocenters. The van der Waals surface area contributed by atoms with Gasteiger partial charge in [-0.2, -0.15) is 0 Å². The molecule has 5 aliphatic rings. The highest BCUT2D eigenvalue weighted by Gasteiger charge is 2.55. The Morgan fingerprint density at radius 2 is 1.33 bits per heavy atom. The smallest absolute Gasteiger partial charge is 0.239 e. The molecule has 4 saturated carbocycles. The molecule has 2 amide bonds. The lowest BCUT2D eigenvalue weighted by Crippen LogP contribution is -2.59. The van der Waals surface area contributed by atoms with Crippen molar-refractivity contribution in [1.82, 2.24) is 9.80 Å². The van der Waals surface area contributed by atoms with E-state index in [4.69, 9.17) is 5.73 Å². The quantitative estimate of drug-likeness (QED) is 0.818. The normalized spacial score (nSPS) is 38.7. The topological polar surface area (TPSA) is 66.6 Å². The van der Waals surface area contributed by atoms with Gasteiger partial charge in [0.25, 0.3) is 0 Å². The molecule has 1 aliphatic heterocycles. The lowest BCUT2D eigenvalue weighted by atomic mass is 9.49. The Kier molecular flexibility index (Phi) is 4.86. The van der Waals surface area contributed by atoms with Crippen LogP contribution < -0.4 is 5.73 Å². The van der Waals surface area contributed by atoms with Gasteiger partial charge in [-0.1, -0.05) is 0 Å². The molecule has 0 radical (unpaired) electrons. The van der Waals surface area contributed by atoms with Crippen LogP contribution in [0.2, 0.25) is 0 Å². The summed E-state index contributed by atoms with van der Waals surface area (Å²) in [7, 11) is 0. The second kappa shape index (κ2) is 6.49. The summed E-state index contributed by atoms with van der Waals surface area (Å²) >= 11 is 0. The van der Waals surface area contributed by atoms with Crippen LogP contribution in [0, 0.1) is 23.2 Å². The van der Waals surface area contributed by atoms with Gasteiger partial charge in [-0.15, -0.1) is 12.4 Å². The Labute approximate surface area is 150 Å². The number of hydrogen-bond donors (Lipinski definition) is 1. The first-order valence-electron chi connectivity index (χ1n) is 9.30. The lowest BCUT2D eigenvalue weighted by Gasteiger charge is -2.57. The van der Waals surface area contributed by atoms with Crippen LogP contribution in [-0.2, 0) is 9.59 Å². The van der Waals surface area contributed by atoms with Gasteiger partial charge in [-0.3, -0.25) is 9.59 Å². The summed E-state index contributed by atoms with van der Waals surface area (Å²) in [6.07, 6.45) is 7.46. The van der Waals surface area contributed by atoms with Crippen molar-refractivity contribution in [3.8, 4) is 0 Å². The summed E-state index contributed by atoms with van der Waals surface area (Å²) in [6, 6.07) is -0.444. The van der Waals surface area contributed by atoms with Gasteiger partial charge in [0.05, 0.1) is 11.5 Å². The Balaban J connectivity index is 0.00000169. The minimum absolute atomic E-state index is 0. The molecule has 24 heavy (non-hydrogen) atoms. The summed E-state index contributed by atoms with van der Waals surface area (Å²) in [5.41, 5.74) is 5.64. The molecule has 136 valence electrons. The molecule has 5 rings (SSSR count). The first-order valence-corrected chi connectivity index (χ1v) is 9.30. The molecule has 0 spiro atoms. The summed E-state index contributed by atoms with van der Waals surface area (Å²) in [5, 5.41) is 0. The van der Waals surface area contributed by atoms with Gasteiger partial charge >= 0.3 is 0 Å². The third kappa shape index (κ3) is 2.94. The Bertz CT molecular complexity index is 479. The van der Waals surface area contributed by atoms with Crippen LogP contribution in [-0.4, -0.2) is 53.8 Å². The minimum atomic E-state index is -0.444. The zero-order chi connectivity index (χ0) is 16.2. The highest BCUT2D eigenvalue weighted by molar-refractivity contribution is 5.85. The van der Waals surface area contributed by atoms with Gasteiger partial charge in [0.15, 0.2) is 0 Å². The molecule has 1 heterocycles. The van der Waals surface area contributed by atoms with Crippen LogP contribution in [0.4, 0.5) is 0 Å². The number of halogens is 1. The standard InChI is InChI=1S/C18H29N3O2.ClH/c1-12(19)16(22)20-2-4-21(5-3-20)17(23)18-9-13-6-14(10-18)8-15(7-13)11-18;/h12-15H,2-11,19H2,1H3;1H/t12-,13?,14?,15?,18?;/m1./s1. The van der Waals surface area contributed by atoms with Crippen molar-refractivity contribution >= 4 is 24.2 Å². The van der Waals surface area contributed by atoms with E-state index in [9.17, 15) is 9.59 Å². The van der Waals surface area contributed by atoms with Crippen LogP contribution in [0.25, 0.3) is 0 Å². The van der Waals surface area contributed by atoms with E-state index in [2.05, 4.69) is 0 Å². The predicted molar refractivity (Wildman–Crippen MR) is 94.7 cm³/mol. The van der Waals surface area contributed by atoms with Crippen molar-refractivity contribution in [2.24, 2.45) is 28.9 Å². The molecule has 4 bridgehead atoms. The Hall–Kier alpha value is -0.810. The predicted octanol–water partition coefficient (Wildman–Crippen LogP) is 1.64. The molecule has 6 heteroatoms. The number of nitrogens with two attached hydrogens (primary N) is 1. The maximum atomic E-state index is 13.3. The molecule has 0 aromatic carbocycles.